The molecule has 1 heteroatoms. The number of fused-ring (bicyclic) bond motifs is 1. The highest BCUT2D eigenvalue weighted by Crippen LogP contribution is 2.31. The summed E-state index contributed by atoms with van der Waals surface area (Å²) in [5.74, 6) is 1.87. The van der Waals surface area contributed by atoms with E-state index in [1.54, 1.807) is 11.1 Å². The summed E-state index contributed by atoms with van der Waals surface area (Å²) in [5.41, 5.74) is 3.12. The first-order valence-electron chi connectivity index (χ1n) is 7.13. The molecule has 2 unspecified atom stereocenters. The fourth-order valence-electron chi connectivity index (χ4n) is 3.55. The van der Waals surface area contributed by atoms with E-state index < -0.39 is 0 Å². The summed E-state index contributed by atoms with van der Waals surface area (Å²) in [7, 11) is 0. The molecule has 0 aliphatic heterocycles. The van der Waals surface area contributed by atoms with E-state index in [2.05, 4.69) is 36.5 Å². The van der Waals surface area contributed by atoms with Crippen molar-refractivity contribution < 1.29 is 0 Å². The molecule has 1 aromatic carbocycles. The molecule has 3 rings (SSSR count). The summed E-state index contributed by atoms with van der Waals surface area (Å²) in [6.07, 6.45) is 6.79. The van der Waals surface area contributed by atoms with Gasteiger partial charge in [0.25, 0.3) is 0 Å². The molecule has 2 aliphatic carbocycles. The van der Waals surface area contributed by atoms with Crippen LogP contribution in [-0.4, -0.2) is 12.6 Å². The minimum Gasteiger partial charge on any atom is -0.313 e. The van der Waals surface area contributed by atoms with Gasteiger partial charge in [-0.3, -0.25) is 0 Å². The summed E-state index contributed by atoms with van der Waals surface area (Å²) < 4.78 is 0. The van der Waals surface area contributed by atoms with Gasteiger partial charge in [0.15, 0.2) is 0 Å². The Morgan fingerprint density at radius 2 is 1.82 bits per heavy atom. The van der Waals surface area contributed by atoms with Gasteiger partial charge in [0.1, 0.15) is 0 Å². The molecule has 2 aliphatic rings. The molecule has 0 heterocycles. The van der Waals surface area contributed by atoms with Crippen molar-refractivity contribution in [3.63, 3.8) is 0 Å². The smallest absolute Gasteiger partial charge is 0.0148 e. The highest BCUT2D eigenvalue weighted by molar-refractivity contribution is 5.33. The normalized spacial score (nSPS) is 28.5. The number of benzene rings is 1. The van der Waals surface area contributed by atoms with Gasteiger partial charge in [-0.15, -0.1) is 0 Å². The lowest BCUT2D eigenvalue weighted by molar-refractivity contribution is 0.369. The summed E-state index contributed by atoms with van der Waals surface area (Å²) in [5, 5.41) is 3.80. The SMILES string of the molecule is CC1CCCC1CNC1Cc2ccccc2C1. The van der Waals surface area contributed by atoms with Gasteiger partial charge < -0.3 is 5.32 Å². The van der Waals surface area contributed by atoms with Crippen LogP contribution in [-0.2, 0) is 12.8 Å². The van der Waals surface area contributed by atoms with Crippen molar-refractivity contribution in [3.8, 4) is 0 Å². The third kappa shape index (κ3) is 2.40. The summed E-state index contributed by atoms with van der Waals surface area (Å²) in [4.78, 5) is 0. The Kier molecular flexibility index (Phi) is 3.19. The topological polar surface area (TPSA) is 12.0 Å². The maximum Gasteiger partial charge on any atom is 0.0148 e. The first-order valence-corrected chi connectivity index (χ1v) is 7.13. The van der Waals surface area contributed by atoms with E-state index in [9.17, 15) is 0 Å². The van der Waals surface area contributed by atoms with E-state index >= 15 is 0 Å². The van der Waals surface area contributed by atoms with Crippen molar-refractivity contribution >= 4 is 0 Å². The molecule has 1 fully saturated rings. The van der Waals surface area contributed by atoms with Crippen LogP contribution in [0.1, 0.15) is 37.3 Å². The Morgan fingerprint density at radius 3 is 2.41 bits per heavy atom. The molecule has 0 bridgehead atoms. The second-order valence-electron chi connectivity index (χ2n) is 5.95. The minimum absolute atomic E-state index is 0.695. The van der Waals surface area contributed by atoms with Crippen LogP contribution in [0.5, 0.6) is 0 Å². The molecule has 17 heavy (non-hydrogen) atoms. The second kappa shape index (κ2) is 4.81. The molecule has 1 nitrogen and oxygen atoms in total. The van der Waals surface area contributed by atoms with Gasteiger partial charge in [0.2, 0.25) is 0 Å². The zero-order valence-electron chi connectivity index (χ0n) is 10.8. The van der Waals surface area contributed by atoms with Gasteiger partial charge in [0.05, 0.1) is 0 Å². The predicted molar refractivity (Wildman–Crippen MR) is 72.1 cm³/mol. The second-order valence-corrected chi connectivity index (χ2v) is 5.95. The van der Waals surface area contributed by atoms with Gasteiger partial charge in [-0.1, -0.05) is 44.0 Å². The van der Waals surface area contributed by atoms with E-state index in [4.69, 9.17) is 0 Å². The molecule has 1 N–H and O–H groups in total. The first kappa shape index (κ1) is 11.3. The molecule has 0 saturated heterocycles. The van der Waals surface area contributed by atoms with Crippen molar-refractivity contribution in [2.45, 2.75) is 45.1 Å². The average molecular weight is 229 g/mol. The Bertz CT molecular complexity index is 360. The van der Waals surface area contributed by atoms with Crippen molar-refractivity contribution in [2.75, 3.05) is 6.54 Å². The monoisotopic (exact) mass is 229 g/mol. The molecule has 0 amide bonds. The van der Waals surface area contributed by atoms with Crippen molar-refractivity contribution in [1.29, 1.82) is 0 Å². The van der Waals surface area contributed by atoms with Crippen LogP contribution in [0.4, 0.5) is 0 Å². The largest absolute Gasteiger partial charge is 0.313 e. The molecular formula is C16H23N. The fourth-order valence-corrected chi connectivity index (χ4v) is 3.55. The molecule has 1 saturated carbocycles. The lowest BCUT2D eigenvalue weighted by atomic mass is 9.98. The lowest BCUT2D eigenvalue weighted by Gasteiger charge is -2.19. The van der Waals surface area contributed by atoms with Crippen LogP contribution in [0.25, 0.3) is 0 Å². The summed E-state index contributed by atoms with van der Waals surface area (Å²) in [6.45, 7) is 3.66. The quantitative estimate of drug-likeness (QED) is 0.839. The zero-order valence-corrected chi connectivity index (χ0v) is 10.8. The number of hydrogen-bond acceptors (Lipinski definition) is 1. The average Bonchev–Trinajstić information content (AvgIpc) is 2.92. The van der Waals surface area contributed by atoms with Crippen LogP contribution in [0, 0.1) is 11.8 Å². The Hall–Kier alpha value is -0.820. The zero-order chi connectivity index (χ0) is 11.7. The summed E-state index contributed by atoms with van der Waals surface area (Å²) >= 11 is 0. The molecule has 92 valence electrons. The maximum absolute atomic E-state index is 3.80. The molecule has 2 atom stereocenters. The van der Waals surface area contributed by atoms with E-state index in [1.165, 1.54) is 38.6 Å². The lowest BCUT2D eigenvalue weighted by Crippen LogP contribution is -2.34. The van der Waals surface area contributed by atoms with E-state index in [0.29, 0.717) is 6.04 Å². The number of rotatable bonds is 3. The number of nitrogens with one attached hydrogen (secondary N) is 1. The standard InChI is InChI=1S/C16H23N/c1-12-5-4-8-15(12)11-17-16-9-13-6-2-3-7-14(13)10-16/h2-3,6-7,12,15-17H,4-5,8-11H2,1H3. The van der Waals surface area contributed by atoms with Crippen LogP contribution in [0.3, 0.4) is 0 Å². The minimum atomic E-state index is 0.695. The van der Waals surface area contributed by atoms with Gasteiger partial charge in [-0.05, 0) is 48.8 Å². The third-order valence-corrected chi connectivity index (χ3v) is 4.76. The molecule has 0 aromatic heterocycles. The highest BCUT2D eigenvalue weighted by atomic mass is 14.9. The van der Waals surface area contributed by atoms with Crippen molar-refractivity contribution in [2.24, 2.45) is 11.8 Å². The predicted octanol–water partition coefficient (Wildman–Crippen LogP) is 3.18. The Morgan fingerprint density at radius 1 is 1.12 bits per heavy atom. The van der Waals surface area contributed by atoms with Crippen LogP contribution >= 0.6 is 0 Å². The number of hydrogen-bond donors (Lipinski definition) is 1. The molecule has 0 spiro atoms. The van der Waals surface area contributed by atoms with Crippen LogP contribution in [0.2, 0.25) is 0 Å². The highest BCUT2D eigenvalue weighted by Gasteiger charge is 2.25. The molecule has 1 aromatic rings. The van der Waals surface area contributed by atoms with Crippen LogP contribution in [0.15, 0.2) is 24.3 Å². The Labute approximate surface area is 105 Å². The van der Waals surface area contributed by atoms with Crippen LogP contribution < -0.4 is 5.32 Å². The molecular weight excluding hydrogens is 206 g/mol. The van der Waals surface area contributed by atoms with E-state index in [1.807, 2.05) is 0 Å². The molecule has 0 radical (unpaired) electrons. The summed E-state index contributed by atoms with van der Waals surface area (Å²) in [6, 6.07) is 9.60. The third-order valence-electron chi connectivity index (χ3n) is 4.76. The van der Waals surface area contributed by atoms with Gasteiger partial charge in [-0.2, -0.15) is 0 Å². The van der Waals surface area contributed by atoms with Crippen molar-refractivity contribution in [1.82, 2.24) is 5.32 Å². The first-order chi connectivity index (χ1) is 8.33. The van der Waals surface area contributed by atoms with E-state index in [0.717, 1.165) is 11.8 Å². The maximum atomic E-state index is 3.80. The van der Waals surface area contributed by atoms with E-state index in [-0.39, 0.29) is 0 Å². The van der Waals surface area contributed by atoms with Gasteiger partial charge in [0, 0.05) is 6.04 Å². The van der Waals surface area contributed by atoms with Crippen molar-refractivity contribution in [3.05, 3.63) is 35.4 Å². The van der Waals surface area contributed by atoms with Gasteiger partial charge in [-0.25, -0.2) is 0 Å². The Balaban J connectivity index is 1.52. The van der Waals surface area contributed by atoms with Gasteiger partial charge >= 0.3 is 0 Å². The fraction of sp³-hybridized carbons (Fsp3) is 0.625.